The van der Waals surface area contributed by atoms with Gasteiger partial charge in [0.15, 0.2) is 0 Å². The Labute approximate surface area is 336 Å². The van der Waals surface area contributed by atoms with Crippen LogP contribution in [0, 0.1) is 0 Å². The highest BCUT2D eigenvalue weighted by molar-refractivity contribution is 6.39. The molecule has 0 heteroatoms. The molecule has 0 aromatic heterocycles. The van der Waals surface area contributed by atoms with Crippen LogP contribution in [0.2, 0.25) is 0 Å². The van der Waals surface area contributed by atoms with E-state index in [0.717, 1.165) is 0 Å². The maximum Gasteiger partial charge on any atom is -0.00137 e. The van der Waals surface area contributed by atoms with E-state index >= 15 is 0 Å². The zero-order chi connectivity index (χ0) is 38.2. The molecule has 0 nitrogen and oxygen atoms in total. The number of fused-ring (bicyclic) bond motifs is 13. The number of hydrogen-bond acceptors (Lipinski definition) is 0. The highest BCUT2D eigenvalue weighted by atomic mass is 14.2. The molecular weight excluding hydrogens is 697 g/mol. The van der Waals surface area contributed by atoms with Crippen molar-refractivity contribution in [3.8, 4) is 44.5 Å². The fourth-order valence-corrected chi connectivity index (χ4v) is 9.72. The summed E-state index contributed by atoms with van der Waals surface area (Å²) in [4.78, 5) is 0. The van der Waals surface area contributed by atoms with Gasteiger partial charge in [0.1, 0.15) is 0 Å². The average Bonchev–Trinajstić information content (AvgIpc) is 3.30. The van der Waals surface area contributed by atoms with Crippen LogP contribution in [-0.4, -0.2) is 0 Å². The van der Waals surface area contributed by atoms with Crippen molar-refractivity contribution in [3.05, 3.63) is 218 Å². The zero-order valence-corrected chi connectivity index (χ0v) is 31.8. The molecule has 0 unspecified atom stereocenters. The minimum Gasteiger partial charge on any atom is -0.0616 e. The molecule has 0 bridgehead atoms. The Balaban J connectivity index is 1.11. The van der Waals surface area contributed by atoms with Gasteiger partial charge in [-0.05, 0) is 144 Å². The Kier molecular flexibility index (Phi) is 7.33. The predicted molar refractivity (Wildman–Crippen MR) is 251 cm³/mol. The second-order valence-electron chi connectivity index (χ2n) is 15.6. The predicted octanol–water partition coefficient (Wildman–Crippen LogP) is 16.4. The molecule has 0 heterocycles. The Bertz CT molecular complexity index is 3370. The Morgan fingerprint density at radius 3 is 0.966 bits per heavy atom. The second kappa shape index (κ2) is 13.0. The lowest BCUT2D eigenvalue weighted by atomic mass is 9.85. The Hall–Kier alpha value is -7.54. The van der Waals surface area contributed by atoms with E-state index in [1.54, 1.807) is 0 Å². The molecule has 58 heavy (non-hydrogen) atoms. The van der Waals surface area contributed by atoms with Crippen molar-refractivity contribution in [3.63, 3.8) is 0 Å². The molecule has 12 rings (SSSR count). The second-order valence-corrected chi connectivity index (χ2v) is 15.6. The van der Waals surface area contributed by atoms with Crippen LogP contribution < -0.4 is 0 Å². The minimum atomic E-state index is 1.21. The maximum atomic E-state index is 2.45. The molecule has 0 spiro atoms. The fraction of sp³-hybridized carbons (Fsp3) is 0. The smallest absolute Gasteiger partial charge is 0.00137 e. The lowest BCUT2D eigenvalue weighted by Gasteiger charge is -2.18. The standard InChI is InChI=1S/C58H36/c1-3-21-45-37(13-1)15-11-27-47(45)43-19-9-17-39(33-43)41-29-31-51-49-23-5-8-26-54(49)58-56-36-42(30-32-52(56)50-24-6-7-25-53(50)57(58)55(51)35-41)40-18-10-20-44(34-40)48-28-12-16-38-14-2-4-22-46(38)48/h1-36H. The van der Waals surface area contributed by atoms with Crippen LogP contribution in [0.4, 0.5) is 0 Å². The van der Waals surface area contributed by atoms with Crippen LogP contribution >= 0.6 is 0 Å². The first-order valence-electron chi connectivity index (χ1n) is 20.2. The molecule has 0 saturated carbocycles. The topological polar surface area (TPSA) is 0 Å². The van der Waals surface area contributed by atoms with E-state index in [9.17, 15) is 0 Å². The summed E-state index contributed by atoms with van der Waals surface area (Å²) in [7, 11) is 0. The highest BCUT2D eigenvalue weighted by Gasteiger charge is 2.18. The van der Waals surface area contributed by atoms with Crippen LogP contribution in [0.5, 0.6) is 0 Å². The van der Waals surface area contributed by atoms with Crippen LogP contribution in [-0.2, 0) is 0 Å². The van der Waals surface area contributed by atoms with Gasteiger partial charge in [0.25, 0.3) is 0 Å². The molecule has 0 aliphatic carbocycles. The largest absolute Gasteiger partial charge is 0.0616 e. The molecule has 0 amide bonds. The van der Waals surface area contributed by atoms with Gasteiger partial charge in [0, 0.05) is 0 Å². The van der Waals surface area contributed by atoms with E-state index in [2.05, 4.69) is 218 Å². The summed E-state index contributed by atoms with van der Waals surface area (Å²) >= 11 is 0. The molecule has 0 atom stereocenters. The summed E-state index contributed by atoms with van der Waals surface area (Å²) in [6.07, 6.45) is 0. The van der Waals surface area contributed by atoms with Crippen molar-refractivity contribution in [1.29, 1.82) is 0 Å². The Morgan fingerprint density at radius 2 is 0.500 bits per heavy atom. The lowest BCUT2D eigenvalue weighted by molar-refractivity contribution is 1.62. The number of rotatable bonds is 4. The van der Waals surface area contributed by atoms with E-state index in [1.165, 1.54) is 120 Å². The third kappa shape index (κ3) is 5.09. The first-order valence-corrected chi connectivity index (χ1v) is 20.2. The van der Waals surface area contributed by atoms with Gasteiger partial charge in [-0.1, -0.05) is 194 Å². The summed E-state index contributed by atoms with van der Waals surface area (Å²) in [5.74, 6) is 0. The third-order valence-electron chi connectivity index (χ3n) is 12.4. The molecule has 0 aliphatic rings. The van der Waals surface area contributed by atoms with Gasteiger partial charge in [-0.3, -0.25) is 0 Å². The van der Waals surface area contributed by atoms with Crippen LogP contribution in [0.3, 0.4) is 0 Å². The van der Waals surface area contributed by atoms with Gasteiger partial charge in [-0.2, -0.15) is 0 Å². The monoisotopic (exact) mass is 732 g/mol. The van der Waals surface area contributed by atoms with Crippen molar-refractivity contribution < 1.29 is 0 Å². The molecule has 0 radical (unpaired) electrons. The number of benzene rings is 12. The van der Waals surface area contributed by atoms with E-state index in [0.29, 0.717) is 0 Å². The summed E-state index contributed by atoms with van der Waals surface area (Å²) in [6, 6.07) is 80.9. The van der Waals surface area contributed by atoms with E-state index in [1.807, 2.05) is 0 Å². The minimum absolute atomic E-state index is 1.21. The van der Waals surface area contributed by atoms with Gasteiger partial charge >= 0.3 is 0 Å². The van der Waals surface area contributed by atoms with Crippen LogP contribution in [0.1, 0.15) is 0 Å². The van der Waals surface area contributed by atoms with Crippen molar-refractivity contribution in [2.24, 2.45) is 0 Å². The summed E-state index contributed by atoms with van der Waals surface area (Å²) < 4.78 is 0. The zero-order valence-electron chi connectivity index (χ0n) is 31.8. The van der Waals surface area contributed by atoms with Crippen LogP contribution in [0.15, 0.2) is 218 Å². The van der Waals surface area contributed by atoms with E-state index in [-0.39, 0.29) is 0 Å². The molecule has 0 saturated heterocycles. The van der Waals surface area contributed by atoms with Crippen molar-refractivity contribution in [2.45, 2.75) is 0 Å². The van der Waals surface area contributed by atoms with Gasteiger partial charge in [0.05, 0.1) is 0 Å². The quantitative estimate of drug-likeness (QED) is 0.158. The molecule has 12 aromatic carbocycles. The lowest BCUT2D eigenvalue weighted by Crippen LogP contribution is -1.90. The Morgan fingerprint density at radius 1 is 0.172 bits per heavy atom. The normalized spacial score (nSPS) is 11.8. The van der Waals surface area contributed by atoms with Crippen LogP contribution in [0.25, 0.3) is 120 Å². The van der Waals surface area contributed by atoms with Gasteiger partial charge in [0.2, 0.25) is 0 Å². The van der Waals surface area contributed by atoms with E-state index < -0.39 is 0 Å². The third-order valence-corrected chi connectivity index (χ3v) is 12.4. The number of hydrogen-bond donors (Lipinski definition) is 0. The van der Waals surface area contributed by atoms with E-state index in [4.69, 9.17) is 0 Å². The summed E-state index contributed by atoms with van der Waals surface area (Å²) in [6.45, 7) is 0. The van der Waals surface area contributed by atoms with Crippen molar-refractivity contribution >= 4 is 75.4 Å². The summed E-state index contributed by atoms with van der Waals surface area (Å²) in [5, 5.41) is 17.9. The highest BCUT2D eigenvalue weighted by Crippen LogP contribution is 2.46. The fourth-order valence-electron chi connectivity index (χ4n) is 9.72. The molecule has 0 N–H and O–H groups in total. The first kappa shape index (κ1) is 32.7. The van der Waals surface area contributed by atoms with Gasteiger partial charge in [-0.15, -0.1) is 0 Å². The van der Waals surface area contributed by atoms with Crippen molar-refractivity contribution in [1.82, 2.24) is 0 Å². The molecular formula is C58H36. The van der Waals surface area contributed by atoms with Crippen molar-refractivity contribution in [2.75, 3.05) is 0 Å². The average molecular weight is 733 g/mol. The maximum absolute atomic E-state index is 2.45. The summed E-state index contributed by atoms with van der Waals surface area (Å²) in [5.41, 5.74) is 9.83. The molecule has 12 aromatic rings. The molecule has 0 aliphatic heterocycles. The molecule has 268 valence electrons. The first-order chi connectivity index (χ1) is 28.8. The SMILES string of the molecule is c1cc(-c2ccc3c4ccccc4c4c5cc(-c6cccc(-c7cccc8ccccc78)c6)ccc5c5ccccc5c4c3c2)cc(-c2cccc3ccccc23)c1. The van der Waals surface area contributed by atoms with Gasteiger partial charge < -0.3 is 0 Å². The van der Waals surface area contributed by atoms with Gasteiger partial charge in [-0.25, -0.2) is 0 Å². The molecule has 0 fully saturated rings.